The molecule has 0 saturated heterocycles. The van der Waals surface area contributed by atoms with Crippen LogP contribution in [0.4, 0.5) is 5.69 Å². The van der Waals surface area contributed by atoms with Gasteiger partial charge in [0.1, 0.15) is 0 Å². The van der Waals surface area contributed by atoms with Crippen molar-refractivity contribution in [3.8, 4) is 11.5 Å². The lowest BCUT2D eigenvalue weighted by molar-refractivity contribution is 0.102. The van der Waals surface area contributed by atoms with Crippen molar-refractivity contribution >= 4 is 27.5 Å². The molecule has 2 rings (SSSR count). The number of hydrogen-bond acceptors (Lipinski definition) is 4. The van der Waals surface area contributed by atoms with Crippen molar-refractivity contribution < 1.29 is 14.3 Å². The molecule has 0 saturated carbocycles. The van der Waals surface area contributed by atoms with Gasteiger partial charge in [0.2, 0.25) is 0 Å². The SMILES string of the molecule is CCOc1ccc(NC(=O)c2cncc(Br)c2)cc1OC. The number of carbonyl (C=O) groups excluding carboxylic acids is 1. The number of pyridine rings is 1. The van der Waals surface area contributed by atoms with Crippen LogP contribution in [0.25, 0.3) is 0 Å². The summed E-state index contributed by atoms with van der Waals surface area (Å²) in [5.41, 5.74) is 1.09. The summed E-state index contributed by atoms with van der Waals surface area (Å²) in [5.74, 6) is 0.971. The smallest absolute Gasteiger partial charge is 0.257 e. The molecule has 0 unspecified atom stereocenters. The van der Waals surface area contributed by atoms with Gasteiger partial charge in [0.05, 0.1) is 19.3 Å². The number of rotatable bonds is 5. The number of hydrogen-bond donors (Lipinski definition) is 1. The minimum absolute atomic E-state index is 0.241. The van der Waals surface area contributed by atoms with Crippen molar-refractivity contribution in [2.24, 2.45) is 0 Å². The fourth-order valence-electron chi connectivity index (χ4n) is 1.76. The van der Waals surface area contributed by atoms with Crippen molar-refractivity contribution in [1.29, 1.82) is 0 Å². The Morgan fingerprint density at radius 2 is 2.10 bits per heavy atom. The van der Waals surface area contributed by atoms with Gasteiger partial charge in [-0.25, -0.2) is 0 Å². The van der Waals surface area contributed by atoms with Gasteiger partial charge in [0, 0.05) is 28.6 Å². The quantitative estimate of drug-likeness (QED) is 0.896. The van der Waals surface area contributed by atoms with E-state index < -0.39 is 0 Å². The number of methoxy groups -OCH3 is 1. The van der Waals surface area contributed by atoms with E-state index in [1.165, 1.54) is 6.20 Å². The second-order valence-electron chi connectivity index (χ2n) is 4.14. The fourth-order valence-corrected chi connectivity index (χ4v) is 2.12. The molecule has 1 aromatic heterocycles. The van der Waals surface area contributed by atoms with Crippen LogP contribution >= 0.6 is 15.9 Å². The number of amides is 1. The molecule has 0 bridgehead atoms. The first-order chi connectivity index (χ1) is 10.1. The zero-order valence-electron chi connectivity index (χ0n) is 11.7. The van der Waals surface area contributed by atoms with Gasteiger partial charge >= 0.3 is 0 Å². The summed E-state index contributed by atoms with van der Waals surface area (Å²) in [5, 5.41) is 2.79. The lowest BCUT2D eigenvalue weighted by Crippen LogP contribution is -2.12. The molecule has 0 radical (unpaired) electrons. The number of anilines is 1. The molecule has 2 aromatic rings. The van der Waals surface area contributed by atoms with Crippen LogP contribution in [0, 0.1) is 0 Å². The average molecular weight is 351 g/mol. The molecule has 21 heavy (non-hydrogen) atoms. The first-order valence-corrected chi connectivity index (χ1v) is 7.16. The molecule has 0 aliphatic heterocycles. The van der Waals surface area contributed by atoms with Crippen LogP contribution in [0.3, 0.4) is 0 Å². The first kappa shape index (κ1) is 15.3. The minimum atomic E-state index is -0.241. The molecule has 1 heterocycles. The number of ether oxygens (including phenoxy) is 2. The maximum Gasteiger partial charge on any atom is 0.257 e. The van der Waals surface area contributed by atoms with Gasteiger partial charge in [-0.2, -0.15) is 0 Å². The van der Waals surface area contributed by atoms with E-state index in [9.17, 15) is 4.79 Å². The highest BCUT2D eigenvalue weighted by molar-refractivity contribution is 9.10. The molecule has 0 atom stereocenters. The monoisotopic (exact) mass is 350 g/mol. The Morgan fingerprint density at radius 3 is 2.76 bits per heavy atom. The Kier molecular flexibility index (Phi) is 5.16. The molecule has 0 spiro atoms. The van der Waals surface area contributed by atoms with E-state index in [2.05, 4.69) is 26.2 Å². The largest absolute Gasteiger partial charge is 0.493 e. The zero-order valence-corrected chi connectivity index (χ0v) is 13.3. The third-order valence-electron chi connectivity index (χ3n) is 2.69. The minimum Gasteiger partial charge on any atom is -0.493 e. The molecule has 0 fully saturated rings. The van der Waals surface area contributed by atoms with Gasteiger partial charge in [0.15, 0.2) is 11.5 Å². The number of benzene rings is 1. The highest BCUT2D eigenvalue weighted by Gasteiger charge is 2.10. The summed E-state index contributed by atoms with van der Waals surface area (Å²) in [6.07, 6.45) is 3.13. The third kappa shape index (κ3) is 3.95. The van der Waals surface area contributed by atoms with Crippen molar-refractivity contribution in [3.05, 3.63) is 46.7 Å². The molecular weight excluding hydrogens is 336 g/mol. The first-order valence-electron chi connectivity index (χ1n) is 6.36. The van der Waals surface area contributed by atoms with E-state index in [1.54, 1.807) is 37.6 Å². The third-order valence-corrected chi connectivity index (χ3v) is 3.12. The standard InChI is InChI=1S/C15H15BrN2O3/c1-3-21-13-5-4-12(7-14(13)20-2)18-15(19)10-6-11(16)9-17-8-10/h4-9H,3H2,1-2H3,(H,18,19). The molecular formula is C15H15BrN2O3. The van der Waals surface area contributed by atoms with E-state index in [0.717, 1.165) is 4.47 Å². The predicted molar refractivity (Wildman–Crippen MR) is 84.1 cm³/mol. The highest BCUT2D eigenvalue weighted by atomic mass is 79.9. The van der Waals surface area contributed by atoms with E-state index in [4.69, 9.17) is 9.47 Å². The molecule has 110 valence electrons. The van der Waals surface area contributed by atoms with Gasteiger partial charge < -0.3 is 14.8 Å². The summed E-state index contributed by atoms with van der Waals surface area (Å²) in [4.78, 5) is 16.1. The maximum absolute atomic E-state index is 12.1. The highest BCUT2D eigenvalue weighted by Crippen LogP contribution is 2.30. The number of nitrogens with zero attached hydrogens (tertiary/aromatic N) is 1. The van der Waals surface area contributed by atoms with Crippen LogP contribution in [0.15, 0.2) is 41.1 Å². The van der Waals surface area contributed by atoms with Gasteiger partial charge in [-0.05, 0) is 41.1 Å². The van der Waals surface area contributed by atoms with Crippen LogP contribution in [-0.2, 0) is 0 Å². The van der Waals surface area contributed by atoms with Crippen molar-refractivity contribution in [2.75, 3.05) is 19.0 Å². The Bertz CT molecular complexity index is 647. The number of carbonyl (C=O) groups is 1. The summed E-state index contributed by atoms with van der Waals surface area (Å²) in [6.45, 7) is 2.45. The van der Waals surface area contributed by atoms with E-state index >= 15 is 0 Å². The van der Waals surface area contributed by atoms with Crippen LogP contribution in [0.2, 0.25) is 0 Å². The molecule has 0 aliphatic rings. The average Bonchev–Trinajstić information content (AvgIpc) is 2.49. The van der Waals surface area contributed by atoms with E-state index in [1.807, 2.05) is 6.92 Å². The number of halogens is 1. The summed E-state index contributed by atoms with van der Waals surface area (Å²) < 4.78 is 11.4. The molecule has 1 aromatic carbocycles. The van der Waals surface area contributed by atoms with Crippen molar-refractivity contribution in [3.63, 3.8) is 0 Å². The van der Waals surface area contributed by atoms with Crippen LogP contribution in [0.5, 0.6) is 11.5 Å². The van der Waals surface area contributed by atoms with Crippen LogP contribution < -0.4 is 14.8 Å². The fraction of sp³-hybridized carbons (Fsp3) is 0.200. The van der Waals surface area contributed by atoms with E-state index in [-0.39, 0.29) is 5.91 Å². The van der Waals surface area contributed by atoms with Gasteiger partial charge in [-0.3, -0.25) is 9.78 Å². The summed E-state index contributed by atoms with van der Waals surface area (Å²) in [6, 6.07) is 6.94. The number of aromatic nitrogens is 1. The zero-order chi connectivity index (χ0) is 15.2. The molecule has 1 amide bonds. The molecule has 5 nitrogen and oxygen atoms in total. The Hall–Kier alpha value is -2.08. The Balaban J connectivity index is 2.17. The van der Waals surface area contributed by atoms with Crippen molar-refractivity contribution in [2.45, 2.75) is 6.92 Å². The van der Waals surface area contributed by atoms with E-state index in [0.29, 0.717) is 29.4 Å². The second kappa shape index (κ2) is 7.08. The summed E-state index contributed by atoms with van der Waals surface area (Å²) >= 11 is 3.29. The molecule has 6 heteroatoms. The topological polar surface area (TPSA) is 60.5 Å². The lowest BCUT2D eigenvalue weighted by Gasteiger charge is -2.11. The predicted octanol–water partition coefficient (Wildman–Crippen LogP) is 3.50. The number of nitrogens with one attached hydrogen (secondary N) is 1. The normalized spacial score (nSPS) is 10.0. The molecule has 1 N–H and O–H groups in total. The summed E-state index contributed by atoms with van der Waals surface area (Å²) in [7, 11) is 1.56. The lowest BCUT2D eigenvalue weighted by atomic mass is 10.2. The van der Waals surface area contributed by atoms with Gasteiger partial charge in [0.25, 0.3) is 5.91 Å². The van der Waals surface area contributed by atoms with Crippen LogP contribution in [0.1, 0.15) is 17.3 Å². The Labute approximate surface area is 131 Å². The second-order valence-corrected chi connectivity index (χ2v) is 5.06. The van der Waals surface area contributed by atoms with Gasteiger partial charge in [-0.15, -0.1) is 0 Å². The van der Waals surface area contributed by atoms with Crippen LogP contribution in [-0.4, -0.2) is 24.6 Å². The maximum atomic E-state index is 12.1. The molecule has 0 aliphatic carbocycles. The van der Waals surface area contributed by atoms with Crippen molar-refractivity contribution in [1.82, 2.24) is 4.98 Å². The van der Waals surface area contributed by atoms with Gasteiger partial charge in [-0.1, -0.05) is 0 Å². The Morgan fingerprint density at radius 1 is 1.29 bits per heavy atom.